The summed E-state index contributed by atoms with van der Waals surface area (Å²) in [6.45, 7) is 0. The Labute approximate surface area is 398 Å². The predicted molar refractivity (Wildman–Crippen MR) is 288 cm³/mol. The third-order valence-corrected chi connectivity index (χ3v) is 14.3. The zero-order valence-corrected chi connectivity index (χ0v) is 37.8. The van der Waals surface area contributed by atoms with Crippen molar-refractivity contribution in [3.8, 4) is 50.5 Å². The highest BCUT2D eigenvalue weighted by molar-refractivity contribution is 6.12. The van der Waals surface area contributed by atoms with Gasteiger partial charge in [0.1, 0.15) is 0 Å². The van der Waals surface area contributed by atoms with Crippen molar-refractivity contribution in [3.63, 3.8) is 0 Å². The third-order valence-electron chi connectivity index (χ3n) is 14.3. The van der Waals surface area contributed by atoms with Crippen molar-refractivity contribution >= 4 is 49.8 Å². The molecule has 2 heteroatoms. The van der Waals surface area contributed by atoms with Gasteiger partial charge in [0.05, 0.1) is 17.4 Å². The molecule has 0 fully saturated rings. The number of aryl methyl sites for hydroxylation is 1. The molecular weight excluding hydrogens is 821 g/mol. The zero-order valence-electron chi connectivity index (χ0n) is 37.8. The maximum absolute atomic E-state index is 2.61. The molecule has 0 bridgehead atoms. The minimum absolute atomic E-state index is 0.153. The lowest BCUT2D eigenvalue weighted by molar-refractivity contribution is 0.749. The molecule has 10 aromatic carbocycles. The second-order valence-electron chi connectivity index (χ2n) is 18.4. The summed E-state index contributed by atoms with van der Waals surface area (Å²) >= 11 is 0. The van der Waals surface area contributed by atoms with Crippen LogP contribution in [-0.2, 0) is 6.42 Å². The van der Waals surface area contributed by atoms with E-state index in [0.29, 0.717) is 0 Å². The van der Waals surface area contributed by atoms with E-state index >= 15 is 0 Å². The van der Waals surface area contributed by atoms with Crippen LogP contribution in [0.2, 0.25) is 0 Å². The maximum atomic E-state index is 2.61. The van der Waals surface area contributed by atoms with Crippen LogP contribution in [0.4, 0.5) is 5.69 Å². The van der Waals surface area contributed by atoms with Crippen LogP contribution >= 0.6 is 0 Å². The Kier molecular flexibility index (Phi) is 9.83. The van der Waals surface area contributed by atoms with Crippen LogP contribution in [0.25, 0.3) is 94.5 Å². The summed E-state index contributed by atoms with van der Waals surface area (Å²) in [5, 5.41) is 7.36. The number of anilines is 1. The van der Waals surface area contributed by atoms with Crippen molar-refractivity contribution < 1.29 is 0 Å². The molecule has 1 unspecified atom stereocenters. The van der Waals surface area contributed by atoms with Gasteiger partial charge in [0.25, 0.3) is 0 Å². The van der Waals surface area contributed by atoms with E-state index in [1.165, 1.54) is 99.3 Å². The van der Waals surface area contributed by atoms with Crippen LogP contribution in [0.15, 0.2) is 243 Å². The number of hydrogen-bond acceptors (Lipinski definition) is 1. The van der Waals surface area contributed by atoms with E-state index in [-0.39, 0.29) is 6.04 Å². The molecule has 0 spiro atoms. The lowest BCUT2D eigenvalue weighted by Crippen LogP contribution is -2.22. The van der Waals surface area contributed by atoms with Gasteiger partial charge in [-0.2, -0.15) is 0 Å². The molecule has 2 nitrogen and oxygen atoms in total. The molecule has 322 valence electrons. The normalized spacial score (nSPS) is 14.4. The summed E-state index contributed by atoms with van der Waals surface area (Å²) in [7, 11) is 0. The van der Waals surface area contributed by atoms with Gasteiger partial charge in [-0.1, -0.05) is 194 Å². The molecule has 11 aromatic rings. The Morgan fingerprint density at radius 2 is 0.956 bits per heavy atom. The fraction of sp³-hybridized carbons (Fsp3) is 0.0606. The Morgan fingerprint density at radius 3 is 1.63 bits per heavy atom. The molecule has 0 saturated heterocycles. The van der Waals surface area contributed by atoms with Gasteiger partial charge in [0, 0.05) is 17.1 Å². The van der Waals surface area contributed by atoms with E-state index in [0.717, 1.165) is 36.3 Å². The summed E-state index contributed by atoms with van der Waals surface area (Å²) in [5.74, 6) is 0. The molecule has 1 aliphatic carbocycles. The minimum Gasteiger partial charge on any atom is -0.333 e. The van der Waals surface area contributed by atoms with E-state index < -0.39 is 0 Å². The number of hydrogen-bond donors (Lipinski definition) is 0. The lowest BCUT2D eigenvalue weighted by atomic mass is 9.88. The van der Waals surface area contributed by atoms with E-state index in [1.807, 2.05) is 0 Å². The summed E-state index contributed by atoms with van der Waals surface area (Å²) in [5.41, 5.74) is 18.4. The van der Waals surface area contributed by atoms with E-state index in [1.54, 1.807) is 0 Å². The second-order valence-corrected chi connectivity index (χ2v) is 18.4. The SMILES string of the molecule is C1=Cc2ccc(-c3cc(N4C(c5ccccc5)=CCC4c4ccccc4)cc4cc5c(-c6ccc7ccccc7c6)cc(-n6c(-c7ccccc7)ccc6-c6ccccc6)cc5cc34)cc2CC1. The first-order chi connectivity index (χ1) is 33.7. The van der Waals surface area contributed by atoms with Crippen LogP contribution in [0.3, 0.4) is 0 Å². The molecule has 0 saturated carbocycles. The quantitative estimate of drug-likeness (QED) is 0.138. The average molecular weight is 869 g/mol. The smallest absolute Gasteiger partial charge is 0.0626 e. The first kappa shape index (κ1) is 39.9. The first-order valence-corrected chi connectivity index (χ1v) is 24.0. The highest BCUT2D eigenvalue weighted by Gasteiger charge is 2.31. The number of rotatable bonds is 8. The number of fused-ring (bicyclic) bond motifs is 4. The minimum atomic E-state index is 0.153. The molecule has 2 aliphatic rings. The van der Waals surface area contributed by atoms with Gasteiger partial charge in [0.15, 0.2) is 0 Å². The molecule has 0 amide bonds. The fourth-order valence-corrected chi connectivity index (χ4v) is 11.0. The first-order valence-electron chi connectivity index (χ1n) is 24.0. The molecule has 68 heavy (non-hydrogen) atoms. The molecule has 1 atom stereocenters. The predicted octanol–water partition coefficient (Wildman–Crippen LogP) is 17.6. The summed E-state index contributed by atoms with van der Waals surface area (Å²) in [6.07, 6.45) is 10.1. The molecule has 1 aliphatic heterocycles. The van der Waals surface area contributed by atoms with Gasteiger partial charge in [-0.25, -0.2) is 0 Å². The molecular formula is C66H48N2. The van der Waals surface area contributed by atoms with Gasteiger partial charge >= 0.3 is 0 Å². The highest BCUT2D eigenvalue weighted by atomic mass is 15.2. The van der Waals surface area contributed by atoms with E-state index in [2.05, 4.69) is 258 Å². The van der Waals surface area contributed by atoms with E-state index in [9.17, 15) is 0 Å². The molecule has 1 aromatic heterocycles. The molecule has 0 N–H and O–H groups in total. The van der Waals surface area contributed by atoms with Gasteiger partial charge in [-0.15, -0.1) is 0 Å². The van der Waals surface area contributed by atoms with Crippen LogP contribution in [0, 0.1) is 0 Å². The van der Waals surface area contributed by atoms with E-state index in [4.69, 9.17) is 0 Å². The number of allylic oxidation sites excluding steroid dienone is 1. The standard InChI is InChI=1S/C66H48N2/c1-5-19-47(20-6-1)63-33-34-64(48-21-7-2-8-22-48)67(63)57-39-55-41-60-56(42-59(55)61(43-57)53-31-29-45-17-13-15-27-51(45)37-53)40-58(44-62(60)54-32-30-46-18-14-16-28-52(46)38-54)68-65(49-23-9-3-10-24-49)35-36-66(68)50-25-11-4-12-26-50/h1-15,17-27,29-35,37-44,66H,16,28,36H2. The van der Waals surface area contributed by atoms with Gasteiger partial charge in [-0.3, -0.25) is 0 Å². The zero-order chi connectivity index (χ0) is 45.0. The third kappa shape index (κ3) is 7.05. The highest BCUT2D eigenvalue weighted by Crippen LogP contribution is 2.47. The lowest BCUT2D eigenvalue weighted by Gasteiger charge is -2.32. The van der Waals surface area contributed by atoms with Crippen molar-refractivity contribution in [2.75, 3.05) is 4.90 Å². The van der Waals surface area contributed by atoms with Crippen LogP contribution < -0.4 is 4.90 Å². The van der Waals surface area contributed by atoms with Crippen molar-refractivity contribution in [2.24, 2.45) is 0 Å². The fourth-order valence-electron chi connectivity index (χ4n) is 11.0. The topological polar surface area (TPSA) is 8.17 Å². The van der Waals surface area contributed by atoms with Crippen molar-refractivity contribution in [1.29, 1.82) is 0 Å². The summed E-state index contributed by atoms with van der Waals surface area (Å²) < 4.78 is 2.47. The molecule has 13 rings (SSSR count). The Bertz CT molecular complexity index is 3690. The maximum Gasteiger partial charge on any atom is 0.0626 e. The van der Waals surface area contributed by atoms with Crippen LogP contribution in [-0.4, -0.2) is 4.57 Å². The number of aromatic nitrogens is 1. The summed E-state index contributed by atoms with van der Waals surface area (Å²) in [6, 6.07) is 85.9. The Balaban J connectivity index is 1.11. The summed E-state index contributed by atoms with van der Waals surface area (Å²) in [4.78, 5) is 2.61. The average Bonchev–Trinajstić information content (AvgIpc) is 4.07. The Morgan fingerprint density at radius 1 is 0.397 bits per heavy atom. The van der Waals surface area contributed by atoms with Crippen LogP contribution in [0.1, 0.15) is 41.1 Å². The number of benzene rings is 10. The molecule has 0 radical (unpaired) electrons. The Hall–Kier alpha value is -8.46. The van der Waals surface area contributed by atoms with Gasteiger partial charge in [0.2, 0.25) is 0 Å². The van der Waals surface area contributed by atoms with Crippen molar-refractivity contribution in [1.82, 2.24) is 4.57 Å². The number of nitrogens with zero attached hydrogens (tertiary/aromatic N) is 2. The van der Waals surface area contributed by atoms with Crippen LogP contribution in [0.5, 0.6) is 0 Å². The molecule has 2 heterocycles. The largest absolute Gasteiger partial charge is 0.333 e. The van der Waals surface area contributed by atoms with Gasteiger partial charge in [-0.05, 0) is 162 Å². The second kappa shape index (κ2) is 16.8. The van der Waals surface area contributed by atoms with Crippen molar-refractivity contribution in [2.45, 2.75) is 25.3 Å². The van der Waals surface area contributed by atoms with Gasteiger partial charge < -0.3 is 9.47 Å². The monoisotopic (exact) mass is 868 g/mol. The van der Waals surface area contributed by atoms with Crippen molar-refractivity contribution in [3.05, 3.63) is 265 Å².